The second-order valence-electron chi connectivity index (χ2n) is 3.50. The summed E-state index contributed by atoms with van der Waals surface area (Å²) >= 11 is 5.76. The van der Waals surface area contributed by atoms with Gasteiger partial charge in [0.1, 0.15) is 0 Å². The number of carboxylic acid groups (broad SMARTS) is 1. The first-order valence-corrected chi connectivity index (χ1v) is 5.42. The Kier molecular flexibility index (Phi) is 4.48. The quantitative estimate of drug-likeness (QED) is 0.765. The van der Waals surface area contributed by atoms with Crippen LogP contribution in [-0.2, 0) is 4.79 Å². The molecule has 0 heterocycles. The lowest BCUT2D eigenvalue weighted by Crippen LogP contribution is -2.34. The highest BCUT2D eigenvalue weighted by Gasteiger charge is 2.13. The largest absolute Gasteiger partial charge is 0.478 e. The van der Waals surface area contributed by atoms with Gasteiger partial charge in [-0.2, -0.15) is 0 Å². The van der Waals surface area contributed by atoms with Gasteiger partial charge in [-0.25, -0.2) is 4.79 Å². The molecule has 17 heavy (non-hydrogen) atoms. The highest BCUT2D eigenvalue weighted by atomic mass is 35.5. The number of carbonyl (C=O) groups excluding carboxylic acids is 1. The molecule has 1 rings (SSSR count). The van der Waals surface area contributed by atoms with Crippen LogP contribution in [0.5, 0.6) is 0 Å². The Morgan fingerprint density at radius 3 is 2.65 bits per heavy atom. The predicted octanol–water partition coefficient (Wildman–Crippen LogP) is 1.71. The number of amides is 1. The minimum Gasteiger partial charge on any atom is -0.478 e. The summed E-state index contributed by atoms with van der Waals surface area (Å²) < 4.78 is 0. The number of aromatic carboxylic acids is 1. The van der Waals surface area contributed by atoms with Gasteiger partial charge in [0.05, 0.1) is 16.6 Å². The standard InChI is InChI=1S/C11H13ClN2O3/c1-2-9(13)10(15)14-6-3-4-7(11(16)17)8(12)5-6/h3-5,9H,2,13H2,1H3,(H,14,15)(H,16,17). The van der Waals surface area contributed by atoms with E-state index >= 15 is 0 Å². The molecule has 0 aromatic heterocycles. The Hall–Kier alpha value is -1.59. The lowest BCUT2D eigenvalue weighted by molar-refractivity contribution is -0.117. The Morgan fingerprint density at radius 1 is 1.53 bits per heavy atom. The van der Waals surface area contributed by atoms with E-state index in [0.29, 0.717) is 12.1 Å². The minimum atomic E-state index is -1.11. The zero-order chi connectivity index (χ0) is 13.0. The van der Waals surface area contributed by atoms with E-state index in [4.69, 9.17) is 22.4 Å². The number of carboxylic acids is 1. The van der Waals surface area contributed by atoms with E-state index in [1.807, 2.05) is 0 Å². The van der Waals surface area contributed by atoms with E-state index in [1.165, 1.54) is 18.2 Å². The molecule has 1 aromatic rings. The van der Waals surface area contributed by atoms with Crippen molar-refractivity contribution in [3.8, 4) is 0 Å². The third kappa shape index (κ3) is 3.44. The molecule has 0 aliphatic carbocycles. The van der Waals surface area contributed by atoms with Crippen LogP contribution in [0.25, 0.3) is 0 Å². The van der Waals surface area contributed by atoms with Crippen molar-refractivity contribution in [3.05, 3.63) is 28.8 Å². The molecular formula is C11H13ClN2O3. The summed E-state index contributed by atoms with van der Waals surface area (Å²) in [6.07, 6.45) is 0.521. The van der Waals surface area contributed by atoms with Crippen LogP contribution >= 0.6 is 11.6 Å². The second kappa shape index (κ2) is 5.65. The predicted molar refractivity (Wildman–Crippen MR) is 65.3 cm³/mol. The molecule has 0 aliphatic heterocycles. The van der Waals surface area contributed by atoms with Crippen molar-refractivity contribution in [1.82, 2.24) is 0 Å². The molecule has 0 radical (unpaired) electrons. The molecule has 92 valence electrons. The highest BCUT2D eigenvalue weighted by Crippen LogP contribution is 2.21. The lowest BCUT2D eigenvalue weighted by atomic mass is 10.2. The van der Waals surface area contributed by atoms with Crippen LogP contribution in [0.2, 0.25) is 5.02 Å². The van der Waals surface area contributed by atoms with Crippen molar-refractivity contribution in [2.24, 2.45) is 5.73 Å². The van der Waals surface area contributed by atoms with Crippen LogP contribution < -0.4 is 11.1 Å². The molecule has 0 spiro atoms. The fourth-order valence-corrected chi connectivity index (χ4v) is 1.45. The third-order valence-electron chi connectivity index (χ3n) is 2.24. The van der Waals surface area contributed by atoms with Crippen molar-refractivity contribution >= 4 is 29.2 Å². The molecule has 5 nitrogen and oxygen atoms in total. The van der Waals surface area contributed by atoms with Gasteiger partial charge in [0.2, 0.25) is 5.91 Å². The first-order valence-electron chi connectivity index (χ1n) is 5.05. The summed E-state index contributed by atoms with van der Waals surface area (Å²) in [6.45, 7) is 1.80. The van der Waals surface area contributed by atoms with Crippen molar-refractivity contribution in [1.29, 1.82) is 0 Å². The molecule has 0 fully saturated rings. The summed E-state index contributed by atoms with van der Waals surface area (Å²) in [6, 6.07) is 3.59. The number of benzene rings is 1. The molecule has 6 heteroatoms. The van der Waals surface area contributed by atoms with Crippen molar-refractivity contribution in [3.63, 3.8) is 0 Å². The maximum atomic E-state index is 11.5. The van der Waals surface area contributed by atoms with Crippen LogP contribution in [-0.4, -0.2) is 23.0 Å². The summed E-state index contributed by atoms with van der Waals surface area (Å²) in [4.78, 5) is 22.2. The molecule has 0 saturated carbocycles. The van der Waals surface area contributed by atoms with Gasteiger partial charge in [0.15, 0.2) is 0 Å². The summed E-state index contributed by atoms with van der Waals surface area (Å²) in [5.41, 5.74) is 5.96. The third-order valence-corrected chi connectivity index (χ3v) is 2.56. The number of carbonyl (C=O) groups is 2. The fraction of sp³-hybridized carbons (Fsp3) is 0.273. The van der Waals surface area contributed by atoms with Gasteiger partial charge >= 0.3 is 5.97 Å². The van der Waals surface area contributed by atoms with Crippen LogP contribution in [0.1, 0.15) is 23.7 Å². The van der Waals surface area contributed by atoms with Gasteiger partial charge < -0.3 is 16.2 Å². The van der Waals surface area contributed by atoms with Crippen LogP contribution in [0, 0.1) is 0 Å². The van der Waals surface area contributed by atoms with E-state index in [2.05, 4.69) is 5.32 Å². The number of hydrogen-bond donors (Lipinski definition) is 3. The van der Waals surface area contributed by atoms with Gasteiger partial charge in [0, 0.05) is 5.69 Å². The number of anilines is 1. The Labute approximate surface area is 104 Å². The summed E-state index contributed by atoms with van der Waals surface area (Å²) in [7, 11) is 0. The second-order valence-corrected chi connectivity index (χ2v) is 3.91. The van der Waals surface area contributed by atoms with E-state index in [1.54, 1.807) is 6.92 Å². The maximum Gasteiger partial charge on any atom is 0.337 e. The van der Waals surface area contributed by atoms with Crippen molar-refractivity contribution in [2.75, 3.05) is 5.32 Å². The van der Waals surface area contributed by atoms with Gasteiger partial charge in [-0.1, -0.05) is 18.5 Å². The topological polar surface area (TPSA) is 92.4 Å². The molecule has 4 N–H and O–H groups in total. The normalized spacial score (nSPS) is 11.9. The van der Waals surface area contributed by atoms with Crippen LogP contribution in [0.4, 0.5) is 5.69 Å². The number of halogens is 1. The molecule has 1 amide bonds. The molecular weight excluding hydrogens is 244 g/mol. The zero-order valence-electron chi connectivity index (χ0n) is 9.24. The molecule has 0 saturated heterocycles. The molecule has 1 aromatic carbocycles. The van der Waals surface area contributed by atoms with Crippen LogP contribution in [0.15, 0.2) is 18.2 Å². The van der Waals surface area contributed by atoms with Crippen molar-refractivity contribution < 1.29 is 14.7 Å². The highest BCUT2D eigenvalue weighted by molar-refractivity contribution is 6.33. The molecule has 1 atom stereocenters. The fourth-order valence-electron chi connectivity index (χ4n) is 1.19. The number of nitrogens with one attached hydrogen (secondary N) is 1. The zero-order valence-corrected chi connectivity index (χ0v) is 9.99. The first kappa shape index (κ1) is 13.5. The van der Waals surface area contributed by atoms with Gasteiger partial charge in [-0.05, 0) is 24.6 Å². The van der Waals surface area contributed by atoms with Gasteiger partial charge in [-0.15, -0.1) is 0 Å². The number of nitrogens with two attached hydrogens (primary N) is 1. The van der Waals surface area contributed by atoms with Gasteiger partial charge in [-0.3, -0.25) is 4.79 Å². The Bertz CT molecular complexity index is 448. The SMILES string of the molecule is CCC(N)C(=O)Nc1ccc(C(=O)O)c(Cl)c1. The molecule has 1 unspecified atom stereocenters. The average Bonchev–Trinajstić information content (AvgIpc) is 2.27. The number of rotatable bonds is 4. The van der Waals surface area contributed by atoms with E-state index < -0.39 is 12.0 Å². The molecule has 0 bridgehead atoms. The van der Waals surface area contributed by atoms with E-state index in [0.717, 1.165) is 0 Å². The Morgan fingerprint density at radius 2 is 2.18 bits per heavy atom. The number of hydrogen-bond acceptors (Lipinski definition) is 3. The van der Waals surface area contributed by atoms with Crippen molar-refractivity contribution in [2.45, 2.75) is 19.4 Å². The Balaban J connectivity index is 2.84. The lowest BCUT2D eigenvalue weighted by Gasteiger charge is -2.10. The van der Waals surface area contributed by atoms with E-state index in [-0.39, 0.29) is 16.5 Å². The average molecular weight is 257 g/mol. The monoisotopic (exact) mass is 256 g/mol. The first-order chi connectivity index (χ1) is 7.95. The summed E-state index contributed by atoms with van der Waals surface area (Å²) in [5.74, 6) is -1.44. The van der Waals surface area contributed by atoms with Gasteiger partial charge in [0.25, 0.3) is 0 Å². The van der Waals surface area contributed by atoms with E-state index in [9.17, 15) is 9.59 Å². The minimum absolute atomic E-state index is 0.00976. The molecule has 0 aliphatic rings. The van der Waals surface area contributed by atoms with Crippen LogP contribution in [0.3, 0.4) is 0 Å². The summed E-state index contributed by atoms with van der Waals surface area (Å²) in [5, 5.41) is 11.4. The smallest absolute Gasteiger partial charge is 0.337 e. The maximum absolute atomic E-state index is 11.5.